The largest absolute Gasteiger partial charge is 0.403 e. The first-order valence-electron chi connectivity index (χ1n) is 10.6. The summed E-state index contributed by atoms with van der Waals surface area (Å²) in [5, 5.41) is 11.4. The zero-order valence-electron chi connectivity index (χ0n) is 18.5. The average Bonchev–Trinajstić information content (AvgIpc) is 3.52. The lowest BCUT2D eigenvalue weighted by atomic mass is 10.0. The number of amides is 1. The summed E-state index contributed by atoms with van der Waals surface area (Å²) < 4.78 is 57.5. The Hall–Kier alpha value is -2.61. The third-order valence-electron chi connectivity index (χ3n) is 5.52. The number of carbonyl (C=O) groups excluding carboxylic acids is 1. The number of anilines is 1. The number of thiophene rings is 1. The number of carbonyl (C=O) groups is 1. The van der Waals surface area contributed by atoms with Gasteiger partial charge in [0.05, 0.1) is 10.1 Å². The van der Waals surface area contributed by atoms with Crippen LogP contribution >= 0.6 is 11.3 Å². The lowest BCUT2D eigenvalue weighted by Gasteiger charge is -2.32. The van der Waals surface area contributed by atoms with E-state index in [0.29, 0.717) is 18.4 Å². The van der Waals surface area contributed by atoms with Crippen molar-refractivity contribution in [3.8, 4) is 11.5 Å². The van der Waals surface area contributed by atoms with E-state index in [1.54, 1.807) is 37.4 Å². The van der Waals surface area contributed by atoms with Crippen LogP contribution in [0, 0.1) is 0 Å². The van der Waals surface area contributed by atoms with E-state index in [9.17, 15) is 21.6 Å². The topological polar surface area (TPSA) is 140 Å². The summed E-state index contributed by atoms with van der Waals surface area (Å²) >= 11 is 1.11. The van der Waals surface area contributed by atoms with Crippen molar-refractivity contribution >= 4 is 43.1 Å². The van der Waals surface area contributed by atoms with Crippen molar-refractivity contribution in [2.45, 2.75) is 53.5 Å². The highest BCUT2D eigenvalue weighted by Crippen LogP contribution is 2.29. The third kappa shape index (κ3) is 4.78. The van der Waals surface area contributed by atoms with Crippen LogP contribution in [-0.4, -0.2) is 55.1 Å². The molecule has 1 amide bonds. The van der Waals surface area contributed by atoms with Gasteiger partial charge in [0, 0.05) is 12.1 Å². The monoisotopic (exact) mass is 524 g/mol. The van der Waals surface area contributed by atoms with Crippen molar-refractivity contribution in [2.75, 3.05) is 11.9 Å². The quantitative estimate of drug-likeness (QED) is 0.497. The molecule has 1 aromatic carbocycles. The van der Waals surface area contributed by atoms with Crippen molar-refractivity contribution in [3.63, 3.8) is 0 Å². The Morgan fingerprint density at radius 3 is 2.50 bits per heavy atom. The molecule has 4 rings (SSSR count). The molecule has 1 N–H and O–H groups in total. The highest BCUT2D eigenvalue weighted by atomic mass is 32.2. The second-order valence-electron chi connectivity index (χ2n) is 8.08. The summed E-state index contributed by atoms with van der Waals surface area (Å²) in [5.41, 5.74) is 0.482. The van der Waals surface area contributed by atoms with Gasteiger partial charge in [-0.05, 0) is 62.4 Å². The maximum Gasteiger partial charge on any atom is 0.322 e. The number of aromatic nitrogens is 2. The maximum atomic E-state index is 13.0. The van der Waals surface area contributed by atoms with Gasteiger partial charge in [0.25, 0.3) is 10.0 Å². The van der Waals surface area contributed by atoms with Crippen LogP contribution in [0.3, 0.4) is 0 Å². The van der Waals surface area contributed by atoms with Gasteiger partial charge >= 0.3 is 6.01 Å². The van der Waals surface area contributed by atoms with E-state index >= 15 is 0 Å². The third-order valence-corrected chi connectivity index (χ3v) is 11.0. The van der Waals surface area contributed by atoms with Gasteiger partial charge in [-0.3, -0.25) is 10.1 Å². The molecule has 0 bridgehead atoms. The SMILES string of the molecule is CC(C)S(=O)(=O)c1ccc(-c2nnc(NC(=O)C3CCCCN3S(=O)(=O)c3cccs3)o2)cc1. The van der Waals surface area contributed by atoms with Gasteiger partial charge in [-0.15, -0.1) is 16.4 Å². The molecule has 0 spiro atoms. The number of benzene rings is 1. The minimum Gasteiger partial charge on any atom is -0.403 e. The van der Waals surface area contributed by atoms with Crippen LogP contribution in [0.4, 0.5) is 6.01 Å². The van der Waals surface area contributed by atoms with E-state index in [0.717, 1.165) is 17.8 Å². The molecule has 1 aliphatic heterocycles. The lowest BCUT2D eigenvalue weighted by Crippen LogP contribution is -2.49. The fourth-order valence-electron chi connectivity index (χ4n) is 3.62. The van der Waals surface area contributed by atoms with Gasteiger partial charge in [-0.25, -0.2) is 16.8 Å². The number of nitrogens with one attached hydrogen (secondary N) is 1. The zero-order valence-corrected chi connectivity index (χ0v) is 21.0. The standard InChI is InChI=1S/C21H24N4O6S3/c1-14(2)33(27,28)16-10-8-15(9-11-16)20-23-24-21(31-20)22-19(26)17-6-3-4-12-25(17)34(29,30)18-7-5-13-32-18/h5,7-11,13-14,17H,3-4,6,12H2,1-2H3,(H,22,24,26). The van der Waals surface area contributed by atoms with Gasteiger partial charge in [0.1, 0.15) is 10.3 Å². The molecule has 1 atom stereocenters. The molecule has 34 heavy (non-hydrogen) atoms. The summed E-state index contributed by atoms with van der Waals surface area (Å²) in [6, 6.07) is 8.13. The van der Waals surface area contributed by atoms with Crippen molar-refractivity contribution in [1.29, 1.82) is 0 Å². The number of sulfonamides is 1. The van der Waals surface area contributed by atoms with Crippen LogP contribution in [0.5, 0.6) is 0 Å². The molecule has 3 heterocycles. The van der Waals surface area contributed by atoms with Crippen LogP contribution in [-0.2, 0) is 24.7 Å². The van der Waals surface area contributed by atoms with E-state index in [-0.39, 0.29) is 27.6 Å². The van der Waals surface area contributed by atoms with E-state index in [4.69, 9.17) is 4.42 Å². The molecule has 0 aliphatic carbocycles. The minimum atomic E-state index is -3.79. The predicted octanol–water partition coefficient (Wildman–Crippen LogP) is 3.16. The fourth-order valence-corrected chi connectivity index (χ4v) is 7.45. The molecule has 2 aromatic heterocycles. The predicted molar refractivity (Wildman–Crippen MR) is 127 cm³/mol. The molecule has 1 fully saturated rings. The highest BCUT2D eigenvalue weighted by molar-refractivity contribution is 7.92. The Balaban J connectivity index is 1.50. The van der Waals surface area contributed by atoms with Crippen LogP contribution < -0.4 is 5.32 Å². The van der Waals surface area contributed by atoms with Crippen LogP contribution in [0.2, 0.25) is 0 Å². The van der Waals surface area contributed by atoms with Gasteiger partial charge < -0.3 is 4.42 Å². The first-order chi connectivity index (χ1) is 16.1. The number of piperidine rings is 1. The van der Waals surface area contributed by atoms with Gasteiger partial charge in [-0.1, -0.05) is 17.6 Å². The summed E-state index contributed by atoms with van der Waals surface area (Å²) in [5.74, 6) is -0.455. The Bertz CT molecular complexity index is 1360. The summed E-state index contributed by atoms with van der Waals surface area (Å²) in [6.45, 7) is 3.46. The van der Waals surface area contributed by atoms with Crippen LogP contribution in [0.15, 0.2) is 55.3 Å². The average molecular weight is 525 g/mol. The number of hydrogen-bond donors (Lipinski definition) is 1. The van der Waals surface area contributed by atoms with Crippen molar-refractivity contribution < 1.29 is 26.0 Å². The van der Waals surface area contributed by atoms with E-state index < -0.39 is 37.1 Å². The molecule has 0 saturated carbocycles. The van der Waals surface area contributed by atoms with Crippen molar-refractivity contribution in [1.82, 2.24) is 14.5 Å². The fraction of sp³-hybridized carbons (Fsp3) is 0.381. The first kappa shape index (κ1) is 24.5. The van der Waals surface area contributed by atoms with Gasteiger partial charge in [-0.2, -0.15) is 4.31 Å². The number of rotatable bonds is 7. The van der Waals surface area contributed by atoms with E-state index in [1.807, 2.05) is 0 Å². The highest BCUT2D eigenvalue weighted by Gasteiger charge is 2.38. The van der Waals surface area contributed by atoms with Crippen molar-refractivity contribution in [3.05, 3.63) is 41.8 Å². The second-order valence-corrected chi connectivity index (χ2v) is 13.6. The number of sulfone groups is 1. The number of nitrogens with zero attached hydrogens (tertiary/aromatic N) is 3. The number of hydrogen-bond acceptors (Lipinski definition) is 9. The Kier molecular flexibility index (Phi) is 6.90. The summed E-state index contributed by atoms with van der Waals surface area (Å²) in [4.78, 5) is 13.1. The lowest BCUT2D eigenvalue weighted by molar-refractivity contribution is -0.120. The molecule has 1 aliphatic rings. The van der Waals surface area contributed by atoms with Gasteiger partial charge in [0.2, 0.25) is 11.8 Å². The summed E-state index contributed by atoms with van der Waals surface area (Å²) in [7, 11) is -7.20. The van der Waals surface area contributed by atoms with E-state index in [1.165, 1.54) is 22.5 Å². The molecular weight excluding hydrogens is 500 g/mol. The molecule has 10 nitrogen and oxygen atoms in total. The molecular formula is C21H24N4O6S3. The van der Waals surface area contributed by atoms with Crippen molar-refractivity contribution in [2.24, 2.45) is 0 Å². The molecule has 0 radical (unpaired) electrons. The molecule has 182 valence electrons. The smallest absolute Gasteiger partial charge is 0.322 e. The molecule has 1 unspecified atom stereocenters. The Labute approximate surface area is 202 Å². The maximum absolute atomic E-state index is 13.0. The first-order valence-corrected chi connectivity index (χ1v) is 14.5. The summed E-state index contributed by atoms with van der Waals surface area (Å²) in [6.07, 6.45) is 1.76. The normalized spacial score (nSPS) is 17.7. The van der Waals surface area contributed by atoms with E-state index in [2.05, 4.69) is 15.5 Å². The second kappa shape index (κ2) is 9.56. The van der Waals surface area contributed by atoms with Gasteiger partial charge in [0.15, 0.2) is 9.84 Å². The molecule has 13 heteroatoms. The van der Waals surface area contributed by atoms with Crippen LogP contribution in [0.25, 0.3) is 11.5 Å². The van der Waals surface area contributed by atoms with Crippen LogP contribution in [0.1, 0.15) is 33.1 Å². The Morgan fingerprint density at radius 1 is 1.12 bits per heavy atom. The molecule has 1 saturated heterocycles. The minimum absolute atomic E-state index is 0.0931. The zero-order chi connectivity index (χ0) is 24.5. The molecule has 3 aromatic rings. The Morgan fingerprint density at radius 2 is 1.85 bits per heavy atom.